The van der Waals surface area contributed by atoms with Gasteiger partial charge in [-0.25, -0.2) is 0 Å². The molecule has 0 spiro atoms. The van der Waals surface area contributed by atoms with E-state index < -0.39 is 0 Å². The van der Waals surface area contributed by atoms with Crippen LogP contribution in [0.25, 0.3) is 0 Å². The van der Waals surface area contributed by atoms with Crippen molar-refractivity contribution >= 4 is 22.8 Å². The molecule has 2 N–H and O–H groups in total. The Hall–Kier alpha value is -0.970. The van der Waals surface area contributed by atoms with Crippen molar-refractivity contribution in [2.24, 2.45) is 5.10 Å². The second-order valence-electron chi connectivity index (χ2n) is 2.99. The summed E-state index contributed by atoms with van der Waals surface area (Å²) in [6.07, 6.45) is 5.54. The number of amidine groups is 1. The van der Waals surface area contributed by atoms with Gasteiger partial charge in [-0.3, -0.25) is 10.2 Å². The van der Waals surface area contributed by atoms with Gasteiger partial charge in [0.2, 0.25) is 5.91 Å². The Morgan fingerprint density at radius 3 is 3.15 bits per heavy atom. The van der Waals surface area contributed by atoms with Crippen LogP contribution in [0, 0.1) is 0 Å². The molecule has 0 radical (unpaired) electrons. The van der Waals surface area contributed by atoms with Crippen molar-refractivity contribution < 1.29 is 4.79 Å². The molecule has 5 heteroatoms. The molecule has 2 rings (SSSR count). The van der Waals surface area contributed by atoms with Gasteiger partial charge >= 0.3 is 0 Å². The van der Waals surface area contributed by atoms with E-state index in [0.29, 0.717) is 10.9 Å². The minimum absolute atomic E-state index is 0.0333. The Kier molecular flexibility index (Phi) is 2.54. The van der Waals surface area contributed by atoms with Gasteiger partial charge in [0.05, 0.1) is 5.75 Å². The molecule has 1 amide bonds. The maximum atomic E-state index is 10.8. The SMILES string of the molecule is O=C1CS/C(=N\NC2=CCCC2)N1. The van der Waals surface area contributed by atoms with E-state index >= 15 is 0 Å². The quantitative estimate of drug-likeness (QED) is 0.643. The molecule has 1 fully saturated rings. The van der Waals surface area contributed by atoms with E-state index in [2.05, 4.69) is 21.9 Å². The summed E-state index contributed by atoms with van der Waals surface area (Å²) in [5.41, 5.74) is 4.12. The number of nitrogens with zero attached hydrogens (tertiary/aromatic N) is 1. The van der Waals surface area contributed by atoms with E-state index in [1.54, 1.807) is 0 Å². The van der Waals surface area contributed by atoms with Gasteiger partial charge in [-0.2, -0.15) is 5.10 Å². The molecule has 0 bridgehead atoms. The third kappa shape index (κ3) is 2.24. The van der Waals surface area contributed by atoms with Crippen LogP contribution < -0.4 is 10.7 Å². The van der Waals surface area contributed by atoms with Crippen molar-refractivity contribution in [1.82, 2.24) is 10.7 Å². The van der Waals surface area contributed by atoms with Crippen LogP contribution >= 0.6 is 11.8 Å². The van der Waals surface area contributed by atoms with Crippen LogP contribution in [-0.4, -0.2) is 16.8 Å². The summed E-state index contributed by atoms with van der Waals surface area (Å²) in [7, 11) is 0. The minimum atomic E-state index is 0.0333. The first-order chi connectivity index (χ1) is 6.34. The van der Waals surface area contributed by atoms with Gasteiger partial charge in [-0.05, 0) is 19.3 Å². The largest absolute Gasteiger partial charge is 0.303 e. The number of thioether (sulfide) groups is 1. The molecule has 0 saturated carbocycles. The molecule has 4 nitrogen and oxygen atoms in total. The van der Waals surface area contributed by atoms with E-state index in [1.165, 1.54) is 18.2 Å². The highest BCUT2D eigenvalue weighted by Crippen LogP contribution is 2.15. The van der Waals surface area contributed by atoms with Gasteiger partial charge in [0.1, 0.15) is 0 Å². The molecule has 2 aliphatic rings. The van der Waals surface area contributed by atoms with Crippen LogP contribution in [0.5, 0.6) is 0 Å². The first-order valence-electron chi connectivity index (χ1n) is 4.30. The summed E-state index contributed by atoms with van der Waals surface area (Å²) in [5.74, 6) is 0.519. The van der Waals surface area contributed by atoms with Crippen molar-refractivity contribution in [3.05, 3.63) is 11.8 Å². The molecule has 1 aliphatic heterocycles. The lowest BCUT2D eigenvalue weighted by Crippen LogP contribution is -2.22. The minimum Gasteiger partial charge on any atom is -0.303 e. The van der Waals surface area contributed by atoms with Gasteiger partial charge in [0.15, 0.2) is 5.17 Å². The van der Waals surface area contributed by atoms with Gasteiger partial charge in [-0.15, -0.1) is 0 Å². The first kappa shape index (κ1) is 8.62. The highest BCUT2D eigenvalue weighted by molar-refractivity contribution is 8.15. The zero-order valence-electron chi connectivity index (χ0n) is 7.17. The molecule has 1 saturated heterocycles. The van der Waals surface area contributed by atoms with Crippen molar-refractivity contribution in [2.75, 3.05) is 5.75 Å². The van der Waals surface area contributed by atoms with Gasteiger partial charge in [0, 0.05) is 5.70 Å². The molecule has 1 heterocycles. The number of carbonyl (C=O) groups is 1. The van der Waals surface area contributed by atoms with Crippen LogP contribution in [0.3, 0.4) is 0 Å². The third-order valence-electron chi connectivity index (χ3n) is 1.93. The number of allylic oxidation sites excluding steroid dienone is 2. The normalized spacial score (nSPS) is 24.8. The molecule has 0 aromatic carbocycles. The maximum absolute atomic E-state index is 10.8. The average Bonchev–Trinajstić information content (AvgIpc) is 2.71. The van der Waals surface area contributed by atoms with E-state index in [9.17, 15) is 4.79 Å². The fourth-order valence-electron chi connectivity index (χ4n) is 1.28. The number of carbonyl (C=O) groups excluding carboxylic acids is 1. The Labute approximate surface area is 80.8 Å². The average molecular weight is 197 g/mol. The highest BCUT2D eigenvalue weighted by atomic mass is 32.2. The molecule has 13 heavy (non-hydrogen) atoms. The van der Waals surface area contributed by atoms with E-state index in [1.807, 2.05) is 0 Å². The smallest absolute Gasteiger partial charge is 0.236 e. The van der Waals surface area contributed by atoms with E-state index in [-0.39, 0.29) is 5.91 Å². The Bertz CT molecular complexity index is 285. The summed E-state index contributed by atoms with van der Waals surface area (Å²) in [6.45, 7) is 0. The summed E-state index contributed by atoms with van der Waals surface area (Å²) < 4.78 is 0. The lowest BCUT2D eigenvalue weighted by atomic mass is 10.3. The zero-order valence-corrected chi connectivity index (χ0v) is 7.99. The predicted octanol–water partition coefficient (Wildman–Crippen LogP) is 0.778. The van der Waals surface area contributed by atoms with Crippen molar-refractivity contribution in [2.45, 2.75) is 19.3 Å². The number of hydrogen-bond donors (Lipinski definition) is 2. The lowest BCUT2D eigenvalue weighted by molar-refractivity contribution is -0.116. The standard InChI is InChI=1S/C8H11N3OS/c12-7-5-13-8(9-7)11-10-6-3-1-2-4-6/h3,10H,1-2,4-5H2,(H,9,11,12). The summed E-state index contributed by atoms with van der Waals surface area (Å²) >= 11 is 1.43. The van der Waals surface area contributed by atoms with Gasteiger partial charge in [-0.1, -0.05) is 17.8 Å². The number of nitrogens with one attached hydrogen (secondary N) is 2. The lowest BCUT2D eigenvalue weighted by Gasteiger charge is -2.00. The van der Waals surface area contributed by atoms with E-state index in [0.717, 1.165) is 18.5 Å². The molecule has 0 aromatic rings. The van der Waals surface area contributed by atoms with Gasteiger partial charge < -0.3 is 5.32 Å². The molecular weight excluding hydrogens is 186 g/mol. The fraction of sp³-hybridized carbons (Fsp3) is 0.500. The Morgan fingerprint density at radius 1 is 1.62 bits per heavy atom. The maximum Gasteiger partial charge on any atom is 0.236 e. The second kappa shape index (κ2) is 3.83. The first-order valence-corrected chi connectivity index (χ1v) is 5.28. The van der Waals surface area contributed by atoms with Crippen LogP contribution in [-0.2, 0) is 4.79 Å². The summed E-state index contributed by atoms with van der Waals surface area (Å²) in [4.78, 5) is 10.8. The molecular formula is C8H11N3OS. The van der Waals surface area contributed by atoms with Gasteiger partial charge in [0.25, 0.3) is 0 Å². The summed E-state index contributed by atoms with van der Waals surface area (Å²) in [5, 5.41) is 7.43. The highest BCUT2D eigenvalue weighted by Gasteiger charge is 2.16. The molecule has 0 unspecified atom stereocenters. The molecule has 0 aromatic heterocycles. The topological polar surface area (TPSA) is 53.5 Å². The Morgan fingerprint density at radius 2 is 2.54 bits per heavy atom. The van der Waals surface area contributed by atoms with Crippen molar-refractivity contribution in [3.63, 3.8) is 0 Å². The number of hydrazone groups is 1. The van der Waals surface area contributed by atoms with Crippen LogP contribution in [0.4, 0.5) is 0 Å². The van der Waals surface area contributed by atoms with Crippen LogP contribution in [0.2, 0.25) is 0 Å². The Balaban J connectivity index is 1.86. The summed E-state index contributed by atoms with van der Waals surface area (Å²) in [6, 6.07) is 0. The third-order valence-corrected chi connectivity index (χ3v) is 2.80. The second-order valence-corrected chi connectivity index (χ2v) is 3.95. The number of hydrogen-bond acceptors (Lipinski definition) is 4. The number of amides is 1. The zero-order chi connectivity index (χ0) is 9.10. The van der Waals surface area contributed by atoms with Crippen molar-refractivity contribution in [3.8, 4) is 0 Å². The fourth-order valence-corrected chi connectivity index (χ4v) is 1.92. The molecule has 70 valence electrons. The van der Waals surface area contributed by atoms with E-state index in [4.69, 9.17) is 0 Å². The van der Waals surface area contributed by atoms with Crippen LogP contribution in [0.15, 0.2) is 16.9 Å². The molecule has 0 atom stereocenters. The molecule has 1 aliphatic carbocycles. The monoisotopic (exact) mass is 197 g/mol. The number of rotatable bonds is 2. The predicted molar refractivity (Wildman–Crippen MR) is 53.1 cm³/mol. The van der Waals surface area contributed by atoms with Crippen LogP contribution in [0.1, 0.15) is 19.3 Å². The van der Waals surface area contributed by atoms with Crippen molar-refractivity contribution in [1.29, 1.82) is 0 Å².